The largest absolute Gasteiger partial charge is 0.435 e. The molecule has 0 spiro atoms. The summed E-state index contributed by atoms with van der Waals surface area (Å²) in [7, 11) is 0. The van der Waals surface area contributed by atoms with Gasteiger partial charge >= 0.3 is 6.61 Å². The van der Waals surface area contributed by atoms with E-state index in [0.717, 1.165) is 11.1 Å². The van der Waals surface area contributed by atoms with Gasteiger partial charge in [0.05, 0.1) is 6.10 Å². The first kappa shape index (κ1) is 17.4. The normalized spacial score (nSPS) is 13.8. The SMILES string of the molecule is CC(NCC(O)Cc1ccccc1)c1ccc(OC(F)F)cc1. The van der Waals surface area contributed by atoms with Gasteiger partial charge in [-0.2, -0.15) is 8.78 Å². The van der Waals surface area contributed by atoms with E-state index in [-0.39, 0.29) is 11.8 Å². The molecular weight excluding hydrogens is 300 g/mol. The van der Waals surface area contributed by atoms with Crippen LogP contribution >= 0.6 is 0 Å². The van der Waals surface area contributed by atoms with Crippen LogP contribution in [0, 0.1) is 0 Å². The molecule has 2 rings (SSSR count). The van der Waals surface area contributed by atoms with Gasteiger partial charge in [-0.15, -0.1) is 0 Å². The third-order valence-corrected chi connectivity index (χ3v) is 3.58. The van der Waals surface area contributed by atoms with Crippen LogP contribution in [-0.2, 0) is 6.42 Å². The molecule has 0 amide bonds. The Morgan fingerprint density at radius 3 is 2.30 bits per heavy atom. The summed E-state index contributed by atoms with van der Waals surface area (Å²) in [5, 5.41) is 13.3. The Hall–Kier alpha value is -1.98. The van der Waals surface area contributed by atoms with Gasteiger partial charge in [0.15, 0.2) is 0 Å². The van der Waals surface area contributed by atoms with Crippen LogP contribution in [-0.4, -0.2) is 24.4 Å². The van der Waals surface area contributed by atoms with Crippen molar-refractivity contribution in [3.8, 4) is 5.75 Å². The first-order valence-electron chi connectivity index (χ1n) is 7.54. The molecule has 2 aromatic carbocycles. The summed E-state index contributed by atoms with van der Waals surface area (Å²) in [5.74, 6) is 0.139. The highest BCUT2D eigenvalue weighted by molar-refractivity contribution is 5.29. The molecule has 0 heterocycles. The molecule has 2 unspecified atom stereocenters. The number of alkyl halides is 2. The fourth-order valence-corrected chi connectivity index (χ4v) is 2.33. The van der Waals surface area contributed by atoms with Crippen molar-refractivity contribution in [2.75, 3.05) is 6.54 Å². The fraction of sp³-hybridized carbons (Fsp3) is 0.333. The number of aliphatic hydroxyl groups excluding tert-OH is 1. The first-order valence-corrected chi connectivity index (χ1v) is 7.54. The summed E-state index contributed by atoms with van der Waals surface area (Å²) in [6.07, 6.45) is 0.100. The molecule has 23 heavy (non-hydrogen) atoms. The highest BCUT2D eigenvalue weighted by atomic mass is 19.3. The number of benzene rings is 2. The molecule has 124 valence electrons. The monoisotopic (exact) mass is 321 g/mol. The zero-order valence-corrected chi connectivity index (χ0v) is 13.0. The second-order valence-corrected chi connectivity index (χ2v) is 5.42. The smallest absolute Gasteiger partial charge is 0.387 e. The van der Waals surface area contributed by atoms with Gasteiger partial charge in [0.25, 0.3) is 0 Å². The van der Waals surface area contributed by atoms with Crippen LogP contribution in [0.4, 0.5) is 8.78 Å². The minimum atomic E-state index is -2.82. The summed E-state index contributed by atoms with van der Waals surface area (Å²) < 4.78 is 28.5. The van der Waals surface area contributed by atoms with Crippen LogP contribution in [0.15, 0.2) is 54.6 Å². The summed E-state index contributed by atoms with van der Waals surface area (Å²) in [4.78, 5) is 0. The van der Waals surface area contributed by atoms with Gasteiger partial charge in [-0.1, -0.05) is 42.5 Å². The third-order valence-electron chi connectivity index (χ3n) is 3.58. The lowest BCUT2D eigenvalue weighted by atomic mass is 10.1. The molecule has 0 bridgehead atoms. The Balaban J connectivity index is 1.80. The molecule has 0 saturated carbocycles. The van der Waals surface area contributed by atoms with Gasteiger partial charge in [0, 0.05) is 12.6 Å². The number of halogens is 2. The number of nitrogens with one attached hydrogen (secondary N) is 1. The number of aliphatic hydroxyl groups is 1. The van der Waals surface area contributed by atoms with Crippen molar-refractivity contribution in [1.29, 1.82) is 0 Å². The van der Waals surface area contributed by atoms with E-state index in [1.807, 2.05) is 37.3 Å². The van der Waals surface area contributed by atoms with Crippen LogP contribution in [0.25, 0.3) is 0 Å². The first-order chi connectivity index (χ1) is 11.0. The molecule has 0 saturated heterocycles. The average molecular weight is 321 g/mol. The van der Waals surface area contributed by atoms with E-state index in [9.17, 15) is 13.9 Å². The Kier molecular flexibility index (Phi) is 6.50. The number of ether oxygens (including phenoxy) is 1. The summed E-state index contributed by atoms with van der Waals surface area (Å²) in [6.45, 7) is -0.409. The highest BCUT2D eigenvalue weighted by Gasteiger charge is 2.10. The van der Waals surface area contributed by atoms with Crippen LogP contribution in [0.5, 0.6) is 5.75 Å². The third kappa shape index (κ3) is 5.96. The fourth-order valence-electron chi connectivity index (χ4n) is 2.33. The molecule has 0 aliphatic rings. The molecule has 0 radical (unpaired) electrons. The molecule has 0 aromatic heterocycles. The maximum Gasteiger partial charge on any atom is 0.387 e. The van der Waals surface area contributed by atoms with Gasteiger partial charge < -0.3 is 15.2 Å². The maximum atomic E-state index is 12.1. The van der Waals surface area contributed by atoms with E-state index in [1.54, 1.807) is 12.1 Å². The summed E-state index contributed by atoms with van der Waals surface area (Å²) >= 11 is 0. The average Bonchev–Trinajstić information content (AvgIpc) is 2.54. The minimum Gasteiger partial charge on any atom is -0.435 e. The lowest BCUT2D eigenvalue weighted by Crippen LogP contribution is -2.30. The lowest BCUT2D eigenvalue weighted by molar-refractivity contribution is -0.0498. The van der Waals surface area contributed by atoms with Gasteiger partial charge in [0.1, 0.15) is 5.75 Å². The second-order valence-electron chi connectivity index (χ2n) is 5.42. The number of rotatable bonds is 8. The summed E-state index contributed by atoms with van der Waals surface area (Å²) in [5.41, 5.74) is 2.03. The van der Waals surface area contributed by atoms with E-state index in [1.165, 1.54) is 12.1 Å². The second kappa shape index (κ2) is 8.60. The van der Waals surface area contributed by atoms with Crippen molar-refractivity contribution in [2.24, 2.45) is 0 Å². The Morgan fingerprint density at radius 1 is 1.04 bits per heavy atom. The van der Waals surface area contributed by atoms with Crippen LogP contribution in [0.1, 0.15) is 24.1 Å². The molecule has 0 fully saturated rings. The molecule has 0 aliphatic heterocycles. The van der Waals surface area contributed by atoms with E-state index >= 15 is 0 Å². The topological polar surface area (TPSA) is 41.5 Å². The van der Waals surface area contributed by atoms with Crippen molar-refractivity contribution in [2.45, 2.75) is 32.1 Å². The zero-order chi connectivity index (χ0) is 16.7. The predicted molar refractivity (Wildman–Crippen MR) is 85.6 cm³/mol. The van der Waals surface area contributed by atoms with Gasteiger partial charge in [0.2, 0.25) is 0 Å². The molecule has 2 atom stereocenters. The van der Waals surface area contributed by atoms with Gasteiger partial charge in [-0.05, 0) is 36.6 Å². The standard InChI is InChI=1S/C18H21F2NO2/c1-13(15-7-9-17(10-8-15)23-18(19)20)21-12-16(22)11-14-5-3-2-4-6-14/h2-10,13,16,18,21-22H,11-12H2,1H3. The van der Waals surface area contributed by atoms with Crippen molar-refractivity contribution < 1.29 is 18.6 Å². The van der Waals surface area contributed by atoms with E-state index < -0.39 is 12.7 Å². The Bertz CT molecular complexity index is 575. The number of hydrogen-bond donors (Lipinski definition) is 2. The lowest BCUT2D eigenvalue weighted by Gasteiger charge is -2.18. The van der Waals surface area contributed by atoms with Gasteiger partial charge in [-0.25, -0.2) is 0 Å². The molecule has 3 nitrogen and oxygen atoms in total. The molecule has 2 aromatic rings. The molecule has 0 aliphatic carbocycles. The van der Waals surface area contributed by atoms with Crippen LogP contribution in [0.2, 0.25) is 0 Å². The van der Waals surface area contributed by atoms with Crippen molar-refractivity contribution in [3.05, 3.63) is 65.7 Å². The maximum absolute atomic E-state index is 12.1. The molecular formula is C18H21F2NO2. The predicted octanol–water partition coefficient (Wildman–Crippen LogP) is 3.54. The van der Waals surface area contributed by atoms with E-state index in [2.05, 4.69) is 10.1 Å². The van der Waals surface area contributed by atoms with Crippen molar-refractivity contribution in [1.82, 2.24) is 5.32 Å². The number of hydrogen-bond acceptors (Lipinski definition) is 3. The summed E-state index contributed by atoms with van der Waals surface area (Å²) in [6, 6.07) is 16.3. The highest BCUT2D eigenvalue weighted by Crippen LogP contribution is 2.19. The Morgan fingerprint density at radius 2 is 1.70 bits per heavy atom. The molecule has 2 N–H and O–H groups in total. The minimum absolute atomic E-state index is 0.000948. The zero-order valence-electron chi connectivity index (χ0n) is 13.0. The Labute approximate surface area is 134 Å². The van der Waals surface area contributed by atoms with Gasteiger partial charge in [-0.3, -0.25) is 0 Å². The van der Waals surface area contributed by atoms with E-state index in [4.69, 9.17) is 0 Å². The van der Waals surface area contributed by atoms with Crippen molar-refractivity contribution in [3.63, 3.8) is 0 Å². The van der Waals surface area contributed by atoms with Crippen LogP contribution < -0.4 is 10.1 Å². The quantitative estimate of drug-likeness (QED) is 0.781. The molecule has 5 heteroatoms. The van der Waals surface area contributed by atoms with E-state index in [0.29, 0.717) is 13.0 Å². The van der Waals surface area contributed by atoms with Crippen LogP contribution in [0.3, 0.4) is 0 Å². The van der Waals surface area contributed by atoms with Crippen molar-refractivity contribution >= 4 is 0 Å².